The molecule has 0 fully saturated rings. The lowest BCUT2D eigenvalue weighted by atomic mass is 10.3. The number of aromatic nitrogens is 1. The van der Waals surface area contributed by atoms with Crippen molar-refractivity contribution in [1.29, 1.82) is 0 Å². The van der Waals surface area contributed by atoms with Gasteiger partial charge in [0.25, 0.3) is 0 Å². The van der Waals surface area contributed by atoms with Crippen LogP contribution in [0.1, 0.15) is 0 Å². The number of anilines is 1. The summed E-state index contributed by atoms with van der Waals surface area (Å²) < 4.78 is 40.6. The van der Waals surface area contributed by atoms with E-state index in [9.17, 15) is 18.0 Å². The Bertz CT molecular complexity index is 868. The molecule has 3 aromatic rings. The number of rotatable bonds is 4. The number of thiazole rings is 1. The Morgan fingerprint density at radius 2 is 1.91 bits per heavy atom. The molecule has 0 unspecified atom stereocenters. The van der Waals surface area contributed by atoms with Crippen molar-refractivity contribution >= 4 is 44.9 Å². The zero-order chi connectivity index (χ0) is 16.4. The summed E-state index contributed by atoms with van der Waals surface area (Å²) in [7, 11) is 0. The van der Waals surface area contributed by atoms with Crippen molar-refractivity contribution in [2.24, 2.45) is 0 Å². The second-order valence-corrected chi connectivity index (χ2v) is 6.74. The van der Waals surface area contributed by atoms with E-state index in [2.05, 4.69) is 10.3 Å². The lowest BCUT2D eigenvalue weighted by molar-refractivity contribution is -0.113. The number of halogens is 3. The number of hydrogen-bond donors (Lipinski definition) is 1. The van der Waals surface area contributed by atoms with E-state index < -0.39 is 17.5 Å². The number of amides is 1. The number of carbonyl (C=O) groups is 1. The fourth-order valence-corrected chi connectivity index (χ4v) is 3.72. The maximum Gasteiger partial charge on any atom is 0.234 e. The number of nitrogens with one attached hydrogen (secondary N) is 1. The van der Waals surface area contributed by atoms with E-state index in [1.54, 1.807) is 24.3 Å². The van der Waals surface area contributed by atoms with Crippen molar-refractivity contribution in [3.05, 3.63) is 53.8 Å². The van der Waals surface area contributed by atoms with E-state index in [4.69, 9.17) is 0 Å². The van der Waals surface area contributed by atoms with Gasteiger partial charge in [-0.15, -0.1) is 11.3 Å². The molecule has 0 aliphatic rings. The van der Waals surface area contributed by atoms with Gasteiger partial charge < -0.3 is 5.32 Å². The summed E-state index contributed by atoms with van der Waals surface area (Å²) in [5, 5.41) is 2.69. The maximum absolute atomic E-state index is 13.6. The molecule has 118 valence electrons. The highest BCUT2D eigenvalue weighted by Crippen LogP contribution is 2.33. The second-order valence-electron chi connectivity index (χ2n) is 4.51. The highest BCUT2D eigenvalue weighted by atomic mass is 32.2. The lowest BCUT2D eigenvalue weighted by Crippen LogP contribution is -2.13. The van der Waals surface area contributed by atoms with Gasteiger partial charge in [0.05, 0.1) is 10.5 Å². The zero-order valence-electron chi connectivity index (χ0n) is 11.5. The second kappa shape index (κ2) is 6.59. The quantitative estimate of drug-likeness (QED) is 0.556. The number of hydrogen-bond acceptors (Lipinski definition) is 4. The van der Waals surface area contributed by atoms with Crippen molar-refractivity contribution in [3.63, 3.8) is 0 Å². The van der Waals surface area contributed by atoms with E-state index in [1.807, 2.05) is 6.07 Å². The Balaban J connectivity index is 1.71. The van der Waals surface area contributed by atoms with Gasteiger partial charge in [-0.25, -0.2) is 18.2 Å². The van der Waals surface area contributed by atoms with Gasteiger partial charge in [-0.05, 0) is 12.1 Å². The molecule has 8 heteroatoms. The van der Waals surface area contributed by atoms with Gasteiger partial charge in [-0.2, -0.15) is 0 Å². The average Bonchev–Trinajstić information content (AvgIpc) is 2.97. The van der Waals surface area contributed by atoms with Crippen LogP contribution in [0.4, 0.5) is 18.9 Å². The molecule has 3 nitrogen and oxygen atoms in total. The first-order chi connectivity index (χ1) is 11.0. The highest BCUT2D eigenvalue weighted by Gasteiger charge is 2.18. The van der Waals surface area contributed by atoms with Crippen LogP contribution >= 0.6 is 23.1 Å². The van der Waals surface area contributed by atoms with Crippen LogP contribution in [0.3, 0.4) is 0 Å². The molecule has 1 aromatic heterocycles. The van der Waals surface area contributed by atoms with E-state index in [0.29, 0.717) is 16.1 Å². The van der Waals surface area contributed by atoms with Crippen molar-refractivity contribution in [3.8, 4) is 0 Å². The van der Waals surface area contributed by atoms with Crippen LogP contribution in [0.15, 0.2) is 40.7 Å². The summed E-state index contributed by atoms with van der Waals surface area (Å²) in [5.74, 6) is -3.57. The number of carbonyl (C=O) groups excluding carboxylic acids is 1. The first-order valence-electron chi connectivity index (χ1n) is 6.46. The van der Waals surface area contributed by atoms with E-state index >= 15 is 0 Å². The summed E-state index contributed by atoms with van der Waals surface area (Å²) in [4.78, 5) is 15.7. The van der Waals surface area contributed by atoms with Crippen LogP contribution in [-0.4, -0.2) is 16.6 Å². The predicted molar refractivity (Wildman–Crippen MR) is 85.3 cm³/mol. The summed E-state index contributed by atoms with van der Waals surface area (Å²) in [6.45, 7) is 0. The zero-order valence-corrected chi connectivity index (χ0v) is 13.1. The largest absolute Gasteiger partial charge is 0.325 e. The molecule has 0 saturated heterocycles. The Hall–Kier alpha value is -2.06. The molecule has 1 N–H and O–H groups in total. The summed E-state index contributed by atoms with van der Waals surface area (Å²) in [5.41, 5.74) is 0.306. The third-order valence-corrected chi connectivity index (χ3v) is 5.09. The summed E-state index contributed by atoms with van der Waals surface area (Å²) in [6, 6.07) is 9.38. The van der Waals surface area contributed by atoms with Crippen LogP contribution in [0.5, 0.6) is 0 Å². The molecule has 1 amide bonds. The number of para-hydroxylation sites is 1. The SMILES string of the molecule is O=C(CSc1nc2c(F)c(F)cc(F)c2s1)Nc1ccccc1. The van der Waals surface area contributed by atoms with Crippen molar-refractivity contribution in [1.82, 2.24) is 4.98 Å². The fourth-order valence-electron chi connectivity index (χ4n) is 1.87. The van der Waals surface area contributed by atoms with Crippen LogP contribution in [0, 0.1) is 17.5 Å². The molecule has 3 rings (SSSR count). The van der Waals surface area contributed by atoms with Gasteiger partial charge in [0.15, 0.2) is 16.0 Å². The molecular weight excluding hydrogens is 345 g/mol. The Kier molecular flexibility index (Phi) is 4.53. The third-order valence-electron chi connectivity index (χ3n) is 2.88. The van der Waals surface area contributed by atoms with Crippen molar-refractivity contribution in [2.45, 2.75) is 4.34 Å². The lowest BCUT2D eigenvalue weighted by Gasteiger charge is -2.03. The van der Waals surface area contributed by atoms with Gasteiger partial charge in [-0.1, -0.05) is 30.0 Å². The van der Waals surface area contributed by atoms with Crippen molar-refractivity contribution < 1.29 is 18.0 Å². The molecule has 0 aliphatic heterocycles. The molecule has 23 heavy (non-hydrogen) atoms. The summed E-state index contributed by atoms with van der Waals surface area (Å²) >= 11 is 1.92. The number of nitrogens with zero attached hydrogens (tertiary/aromatic N) is 1. The Morgan fingerprint density at radius 3 is 2.65 bits per heavy atom. The monoisotopic (exact) mass is 354 g/mol. The van der Waals surface area contributed by atoms with Gasteiger partial charge in [0, 0.05) is 11.8 Å². The smallest absolute Gasteiger partial charge is 0.234 e. The molecule has 0 saturated carbocycles. The van der Waals surface area contributed by atoms with E-state index in [1.165, 1.54) is 0 Å². The van der Waals surface area contributed by atoms with Crippen LogP contribution in [-0.2, 0) is 4.79 Å². The highest BCUT2D eigenvalue weighted by molar-refractivity contribution is 8.01. The molecular formula is C15H9F3N2OS2. The van der Waals surface area contributed by atoms with Crippen LogP contribution < -0.4 is 5.32 Å². The Morgan fingerprint density at radius 1 is 1.17 bits per heavy atom. The molecule has 0 spiro atoms. The molecule has 2 aromatic carbocycles. The number of benzene rings is 2. The number of fused-ring (bicyclic) bond motifs is 1. The minimum atomic E-state index is -1.28. The fraction of sp³-hybridized carbons (Fsp3) is 0.0667. The van der Waals surface area contributed by atoms with Gasteiger partial charge in [0.2, 0.25) is 5.91 Å². The van der Waals surface area contributed by atoms with Gasteiger partial charge >= 0.3 is 0 Å². The summed E-state index contributed by atoms with van der Waals surface area (Å²) in [6.07, 6.45) is 0. The van der Waals surface area contributed by atoms with Crippen LogP contribution in [0.25, 0.3) is 10.2 Å². The van der Waals surface area contributed by atoms with Gasteiger partial charge in [-0.3, -0.25) is 4.79 Å². The number of thioether (sulfide) groups is 1. The van der Waals surface area contributed by atoms with Gasteiger partial charge in [0.1, 0.15) is 11.3 Å². The van der Waals surface area contributed by atoms with E-state index in [0.717, 1.165) is 23.1 Å². The topological polar surface area (TPSA) is 42.0 Å². The third kappa shape index (κ3) is 3.48. The molecule has 0 aliphatic carbocycles. The molecule has 0 bridgehead atoms. The van der Waals surface area contributed by atoms with E-state index in [-0.39, 0.29) is 21.9 Å². The first kappa shape index (κ1) is 15.8. The molecule has 0 radical (unpaired) electrons. The molecule has 0 atom stereocenters. The Labute approximate surface area is 137 Å². The standard InChI is InChI=1S/C15H9F3N2OS2/c16-9-6-10(17)14-13(12(9)18)20-15(23-14)22-7-11(21)19-8-4-2-1-3-5-8/h1-6H,7H2,(H,19,21). The minimum Gasteiger partial charge on any atom is -0.325 e. The average molecular weight is 354 g/mol. The van der Waals surface area contributed by atoms with Crippen LogP contribution in [0.2, 0.25) is 0 Å². The molecule has 1 heterocycles. The first-order valence-corrected chi connectivity index (χ1v) is 8.26. The minimum absolute atomic E-state index is 0.0282. The maximum atomic E-state index is 13.6. The van der Waals surface area contributed by atoms with Crippen molar-refractivity contribution in [2.75, 3.05) is 11.1 Å². The normalized spacial score (nSPS) is 10.9. The predicted octanol–water partition coefficient (Wildman–Crippen LogP) is 4.44.